The van der Waals surface area contributed by atoms with Crippen molar-refractivity contribution in [2.45, 2.75) is 6.54 Å². The molecule has 0 bridgehead atoms. The molecule has 1 aromatic carbocycles. The third-order valence-electron chi connectivity index (χ3n) is 2.72. The Kier molecular flexibility index (Phi) is 2.04. The number of rotatable bonds is 2. The molecule has 0 aliphatic rings. The average molecular weight is 229 g/mol. The van der Waals surface area contributed by atoms with Crippen LogP contribution in [0, 0.1) is 0 Å². The fourth-order valence-corrected chi connectivity index (χ4v) is 1.92. The predicted molar refractivity (Wildman–Crippen MR) is 63.0 cm³/mol. The summed E-state index contributed by atoms with van der Waals surface area (Å²) in [5.74, 6) is -0.144. The van der Waals surface area contributed by atoms with Crippen LogP contribution in [0.3, 0.4) is 0 Å². The van der Waals surface area contributed by atoms with Gasteiger partial charge < -0.3 is 19.8 Å². The molecule has 17 heavy (non-hydrogen) atoms. The first-order chi connectivity index (χ1) is 8.24. The second-order valence-corrected chi connectivity index (χ2v) is 3.86. The molecule has 0 aliphatic heterocycles. The molecule has 0 amide bonds. The summed E-state index contributed by atoms with van der Waals surface area (Å²) in [5.41, 5.74) is 1.09. The molecule has 2 heterocycles. The van der Waals surface area contributed by atoms with Crippen molar-refractivity contribution < 1.29 is 10.2 Å². The van der Waals surface area contributed by atoms with Crippen LogP contribution in [0.25, 0.3) is 10.9 Å². The maximum atomic E-state index is 9.20. The number of para-hydroxylation sites is 1. The lowest BCUT2D eigenvalue weighted by Crippen LogP contribution is -1.99. The number of hydrogen-bond donors (Lipinski definition) is 3. The van der Waals surface area contributed by atoms with Crippen molar-refractivity contribution in [3.05, 3.63) is 42.4 Å². The lowest BCUT2D eigenvalue weighted by Gasteiger charge is -2.01. The largest absolute Gasteiger partial charge is 0.491 e. The van der Waals surface area contributed by atoms with Gasteiger partial charge in [-0.1, -0.05) is 18.2 Å². The molecule has 0 spiro atoms. The van der Waals surface area contributed by atoms with Crippen molar-refractivity contribution in [1.82, 2.24) is 14.5 Å². The molecule has 5 heteroatoms. The molecule has 5 nitrogen and oxygen atoms in total. The Hall–Kier alpha value is -2.43. The molecule has 0 saturated heterocycles. The van der Waals surface area contributed by atoms with Gasteiger partial charge in [-0.05, 0) is 17.5 Å². The third kappa shape index (κ3) is 1.61. The Morgan fingerprint density at radius 1 is 1.18 bits per heavy atom. The monoisotopic (exact) mass is 229 g/mol. The number of fused-ring (bicyclic) bond motifs is 1. The zero-order chi connectivity index (χ0) is 11.8. The maximum Gasteiger partial charge on any atom is 0.275 e. The first kappa shape index (κ1) is 9.77. The first-order valence-corrected chi connectivity index (χ1v) is 5.25. The highest BCUT2D eigenvalue weighted by Gasteiger charge is 2.08. The van der Waals surface area contributed by atoms with Crippen molar-refractivity contribution in [3.63, 3.8) is 0 Å². The van der Waals surface area contributed by atoms with E-state index in [2.05, 4.69) is 9.97 Å². The average Bonchev–Trinajstić information content (AvgIpc) is 2.85. The predicted octanol–water partition coefficient (Wildman–Crippen LogP) is 1.82. The highest BCUT2D eigenvalue weighted by Crippen LogP contribution is 2.21. The number of nitrogens with zero attached hydrogens (tertiary/aromatic N) is 2. The zero-order valence-corrected chi connectivity index (χ0v) is 8.96. The van der Waals surface area contributed by atoms with Crippen molar-refractivity contribution in [3.8, 4) is 11.8 Å². The molecule has 86 valence electrons. The number of aromatic hydroxyl groups is 2. The van der Waals surface area contributed by atoms with Crippen LogP contribution in [-0.4, -0.2) is 24.7 Å². The van der Waals surface area contributed by atoms with Crippen molar-refractivity contribution in [2.75, 3.05) is 0 Å². The van der Waals surface area contributed by atoms with E-state index in [1.54, 1.807) is 0 Å². The minimum Gasteiger partial charge on any atom is -0.491 e. The maximum absolute atomic E-state index is 9.20. The van der Waals surface area contributed by atoms with Gasteiger partial charge in [-0.25, -0.2) is 0 Å². The van der Waals surface area contributed by atoms with Crippen molar-refractivity contribution >= 4 is 10.9 Å². The van der Waals surface area contributed by atoms with Crippen LogP contribution in [0.15, 0.2) is 36.5 Å². The standard InChI is InChI=1S/C12H11N3O2/c16-11-12(17)14-10(13-11)7-15-6-5-8-3-1-2-4-9(8)15/h1-6,16-17H,7H2,(H,13,14). The molecule has 3 rings (SSSR count). The van der Waals surface area contributed by atoms with E-state index in [-0.39, 0.29) is 11.8 Å². The van der Waals surface area contributed by atoms with Crippen molar-refractivity contribution in [2.24, 2.45) is 0 Å². The summed E-state index contributed by atoms with van der Waals surface area (Å²) in [4.78, 5) is 6.44. The van der Waals surface area contributed by atoms with Crippen LogP contribution in [0.2, 0.25) is 0 Å². The molecule has 0 atom stereocenters. The Labute approximate surface area is 97.0 Å². The number of imidazole rings is 1. The Bertz CT molecular complexity index is 650. The zero-order valence-electron chi connectivity index (χ0n) is 8.96. The Balaban J connectivity index is 2.00. The van der Waals surface area contributed by atoms with Crippen LogP contribution < -0.4 is 0 Å². The second-order valence-electron chi connectivity index (χ2n) is 3.86. The summed E-state index contributed by atoms with van der Waals surface area (Å²) in [7, 11) is 0. The number of H-pyrrole nitrogens is 1. The van der Waals surface area contributed by atoms with Gasteiger partial charge in [0, 0.05) is 11.7 Å². The molecule has 0 radical (unpaired) electrons. The molecule has 0 fully saturated rings. The quantitative estimate of drug-likeness (QED) is 0.627. The lowest BCUT2D eigenvalue weighted by atomic mass is 10.2. The van der Waals surface area contributed by atoms with Crippen LogP contribution in [0.1, 0.15) is 5.82 Å². The fraction of sp³-hybridized carbons (Fsp3) is 0.0833. The molecule has 2 aromatic heterocycles. The van der Waals surface area contributed by atoms with Crippen LogP contribution in [0.5, 0.6) is 11.8 Å². The van der Waals surface area contributed by atoms with Gasteiger partial charge in [-0.2, -0.15) is 4.98 Å². The normalized spacial score (nSPS) is 11.1. The molecular weight excluding hydrogens is 218 g/mol. The molecule has 0 unspecified atom stereocenters. The summed E-state index contributed by atoms with van der Waals surface area (Å²) >= 11 is 0. The summed E-state index contributed by atoms with van der Waals surface area (Å²) in [6.07, 6.45) is 1.95. The Morgan fingerprint density at radius 3 is 2.76 bits per heavy atom. The van der Waals surface area contributed by atoms with Crippen LogP contribution >= 0.6 is 0 Å². The van der Waals surface area contributed by atoms with Gasteiger partial charge >= 0.3 is 0 Å². The van der Waals surface area contributed by atoms with Gasteiger partial charge in [0.25, 0.3) is 11.8 Å². The van der Waals surface area contributed by atoms with E-state index in [0.29, 0.717) is 12.4 Å². The summed E-state index contributed by atoms with van der Waals surface area (Å²) in [6, 6.07) is 10.0. The van der Waals surface area contributed by atoms with Gasteiger partial charge in [0.2, 0.25) is 0 Å². The van der Waals surface area contributed by atoms with Gasteiger partial charge in [-0.3, -0.25) is 0 Å². The summed E-state index contributed by atoms with van der Waals surface area (Å²) in [5, 5.41) is 19.5. The highest BCUT2D eigenvalue weighted by atomic mass is 16.3. The molecule has 0 aliphatic carbocycles. The third-order valence-corrected chi connectivity index (χ3v) is 2.72. The fourth-order valence-electron chi connectivity index (χ4n) is 1.92. The molecule has 3 N–H and O–H groups in total. The highest BCUT2D eigenvalue weighted by molar-refractivity contribution is 5.79. The van der Waals surface area contributed by atoms with E-state index in [0.717, 1.165) is 10.9 Å². The van der Waals surface area contributed by atoms with Gasteiger partial charge in [0.05, 0.1) is 6.54 Å². The number of nitrogens with one attached hydrogen (secondary N) is 1. The van der Waals surface area contributed by atoms with E-state index in [1.165, 1.54) is 0 Å². The van der Waals surface area contributed by atoms with Gasteiger partial charge in [0.15, 0.2) is 0 Å². The minimum atomic E-state index is -0.364. The Morgan fingerprint density at radius 2 is 2.00 bits per heavy atom. The first-order valence-electron chi connectivity index (χ1n) is 5.25. The van der Waals surface area contributed by atoms with E-state index in [4.69, 9.17) is 0 Å². The van der Waals surface area contributed by atoms with Crippen LogP contribution in [-0.2, 0) is 6.54 Å². The summed E-state index contributed by atoms with van der Waals surface area (Å²) in [6.45, 7) is 0.474. The van der Waals surface area contributed by atoms with E-state index in [1.807, 2.05) is 41.1 Å². The number of benzene rings is 1. The molecule has 0 saturated carbocycles. The smallest absolute Gasteiger partial charge is 0.275 e. The second kappa shape index (κ2) is 3.55. The van der Waals surface area contributed by atoms with E-state index in [9.17, 15) is 10.2 Å². The molecular formula is C12H11N3O2. The lowest BCUT2D eigenvalue weighted by molar-refractivity contribution is 0.386. The molecule has 3 aromatic rings. The number of hydrogen-bond acceptors (Lipinski definition) is 3. The summed E-state index contributed by atoms with van der Waals surface area (Å²) < 4.78 is 1.99. The van der Waals surface area contributed by atoms with E-state index >= 15 is 0 Å². The van der Waals surface area contributed by atoms with Crippen LogP contribution in [0.4, 0.5) is 0 Å². The van der Waals surface area contributed by atoms with Crippen molar-refractivity contribution in [1.29, 1.82) is 0 Å². The number of aromatic nitrogens is 3. The number of aromatic amines is 1. The van der Waals surface area contributed by atoms with Gasteiger partial charge in [0.1, 0.15) is 5.82 Å². The van der Waals surface area contributed by atoms with Gasteiger partial charge in [-0.15, -0.1) is 0 Å². The SMILES string of the molecule is Oc1nc(Cn2ccc3ccccc32)[nH]c1O. The van der Waals surface area contributed by atoms with E-state index < -0.39 is 0 Å². The minimum absolute atomic E-state index is 0.295. The topological polar surface area (TPSA) is 74.1 Å².